The molecule has 5 heteroatoms. The zero-order valence-electron chi connectivity index (χ0n) is 6.57. The van der Waals surface area contributed by atoms with Gasteiger partial charge in [-0.2, -0.15) is 0 Å². The van der Waals surface area contributed by atoms with Crippen LogP contribution >= 0.6 is 15.9 Å². The summed E-state index contributed by atoms with van der Waals surface area (Å²) in [6.07, 6.45) is 0. The number of nitrogens with two attached hydrogens (primary N) is 1. The van der Waals surface area contributed by atoms with Crippen LogP contribution in [0.3, 0.4) is 0 Å². The van der Waals surface area contributed by atoms with Gasteiger partial charge in [-0.1, -0.05) is 6.07 Å². The van der Waals surface area contributed by atoms with Gasteiger partial charge >= 0.3 is 5.97 Å². The molecule has 70 valence electrons. The second kappa shape index (κ2) is 3.76. The fraction of sp³-hybridized carbons (Fsp3) is 0.125. The molecule has 0 saturated heterocycles. The Kier molecular flexibility index (Phi) is 2.90. The van der Waals surface area contributed by atoms with E-state index in [9.17, 15) is 4.79 Å². The molecule has 0 aromatic heterocycles. The number of hydrogen-bond acceptors (Lipinski definition) is 3. The maximum Gasteiger partial charge on any atom is 0.325 e. The zero-order valence-corrected chi connectivity index (χ0v) is 8.15. The molecule has 0 aliphatic rings. The van der Waals surface area contributed by atoms with Crippen molar-refractivity contribution in [2.45, 2.75) is 6.04 Å². The van der Waals surface area contributed by atoms with E-state index in [2.05, 4.69) is 15.9 Å². The molecule has 1 rings (SSSR count). The zero-order chi connectivity index (χ0) is 10.0. The first-order valence-electron chi connectivity index (χ1n) is 3.49. The molecule has 0 aliphatic heterocycles. The smallest absolute Gasteiger partial charge is 0.325 e. The van der Waals surface area contributed by atoms with Crippen LogP contribution in [0.15, 0.2) is 22.7 Å². The van der Waals surface area contributed by atoms with Crippen LogP contribution < -0.4 is 5.73 Å². The predicted octanol–water partition coefficient (Wildman–Crippen LogP) is 1.24. The van der Waals surface area contributed by atoms with Gasteiger partial charge < -0.3 is 15.9 Å². The summed E-state index contributed by atoms with van der Waals surface area (Å²) in [6.45, 7) is 0. The Bertz CT molecular complexity index is 340. The molecule has 1 atom stereocenters. The normalized spacial score (nSPS) is 12.5. The topological polar surface area (TPSA) is 83.6 Å². The third-order valence-electron chi connectivity index (χ3n) is 1.60. The summed E-state index contributed by atoms with van der Waals surface area (Å²) in [5.41, 5.74) is 5.80. The summed E-state index contributed by atoms with van der Waals surface area (Å²) in [6, 6.07) is 3.28. The number of halogens is 1. The Labute approximate surface area is 83.1 Å². The van der Waals surface area contributed by atoms with Crippen molar-refractivity contribution in [3.05, 3.63) is 28.2 Å². The highest BCUT2D eigenvalue weighted by molar-refractivity contribution is 9.10. The van der Waals surface area contributed by atoms with Gasteiger partial charge in [0.2, 0.25) is 0 Å². The number of rotatable bonds is 2. The van der Waals surface area contributed by atoms with Gasteiger partial charge in [-0.3, -0.25) is 4.79 Å². The standard InChI is InChI=1S/C8H8BrNO3/c9-5-3-4(1-2-6(5)11)7(10)8(12)13/h1-3,7,11H,10H2,(H,12,13)/t7-/m1/s1. The Morgan fingerprint density at radius 3 is 2.62 bits per heavy atom. The molecule has 4 N–H and O–H groups in total. The van der Waals surface area contributed by atoms with Crippen molar-refractivity contribution >= 4 is 21.9 Å². The highest BCUT2D eigenvalue weighted by Crippen LogP contribution is 2.26. The third-order valence-corrected chi connectivity index (χ3v) is 2.23. The number of phenolic OH excluding ortho intramolecular Hbond substituents is 1. The molecule has 0 spiro atoms. The van der Waals surface area contributed by atoms with E-state index in [0.717, 1.165) is 0 Å². The molecular formula is C8H8BrNO3. The number of hydrogen-bond donors (Lipinski definition) is 3. The Morgan fingerprint density at radius 1 is 1.54 bits per heavy atom. The minimum absolute atomic E-state index is 0.0568. The Morgan fingerprint density at radius 2 is 2.15 bits per heavy atom. The Balaban J connectivity index is 3.03. The molecule has 0 unspecified atom stereocenters. The van der Waals surface area contributed by atoms with Crippen molar-refractivity contribution in [3.8, 4) is 5.75 Å². The second-order valence-electron chi connectivity index (χ2n) is 2.53. The van der Waals surface area contributed by atoms with Crippen LogP contribution in [0.2, 0.25) is 0 Å². The molecule has 0 heterocycles. The summed E-state index contributed by atoms with van der Waals surface area (Å²) < 4.78 is 0.432. The van der Waals surface area contributed by atoms with E-state index in [0.29, 0.717) is 10.0 Å². The summed E-state index contributed by atoms with van der Waals surface area (Å²) in [5.74, 6) is -1.04. The first-order chi connectivity index (χ1) is 6.02. The first-order valence-corrected chi connectivity index (χ1v) is 4.28. The van der Waals surface area contributed by atoms with Crippen LogP contribution in [0, 0.1) is 0 Å². The molecular weight excluding hydrogens is 238 g/mol. The first kappa shape index (κ1) is 10.0. The number of carboxylic acids is 1. The van der Waals surface area contributed by atoms with E-state index in [4.69, 9.17) is 15.9 Å². The number of carbonyl (C=O) groups is 1. The van der Waals surface area contributed by atoms with Crippen LogP contribution in [0.25, 0.3) is 0 Å². The fourth-order valence-electron chi connectivity index (χ4n) is 0.859. The van der Waals surface area contributed by atoms with Gasteiger partial charge in [0.25, 0.3) is 0 Å². The van der Waals surface area contributed by atoms with Crippen molar-refractivity contribution in [2.75, 3.05) is 0 Å². The van der Waals surface area contributed by atoms with Crippen LogP contribution in [0.4, 0.5) is 0 Å². The number of carboxylic acid groups (broad SMARTS) is 1. The largest absolute Gasteiger partial charge is 0.507 e. The average molecular weight is 246 g/mol. The van der Waals surface area contributed by atoms with Crippen molar-refractivity contribution in [2.24, 2.45) is 5.73 Å². The van der Waals surface area contributed by atoms with Gasteiger partial charge in [-0.05, 0) is 33.6 Å². The molecule has 13 heavy (non-hydrogen) atoms. The molecule has 1 aromatic rings. The molecule has 0 bridgehead atoms. The molecule has 1 aromatic carbocycles. The monoisotopic (exact) mass is 245 g/mol. The maximum atomic E-state index is 10.5. The highest BCUT2D eigenvalue weighted by Gasteiger charge is 2.14. The lowest BCUT2D eigenvalue weighted by molar-refractivity contribution is -0.138. The SMILES string of the molecule is N[C@@H](C(=O)O)c1ccc(O)c(Br)c1. The van der Waals surface area contributed by atoms with Gasteiger partial charge in [0.15, 0.2) is 0 Å². The van der Waals surface area contributed by atoms with Crippen molar-refractivity contribution < 1.29 is 15.0 Å². The van der Waals surface area contributed by atoms with Gasteiger partial charge in [-0.15, -0.1) is 0 Å². The maximum absolute atomic E-state index is 10.5. The quantitative estimate of drug-likeness (QED) is 0.732. The van der Waals surface area contributed by atoms with Gasteiger partial charge in [-0.25, -0.2) is 0 Å². The lowest BCUT2D eigenvalue weighted by Crippen LogP contribution is -2.20. The minimum Gasteiger partial charge on any atom is -0.507 e. The van der Waals surface area contributed by atoms with E-state index in [1.807, 2.05) is 0 Å². The highest BCUT2D eigenvalue weighted by atomic mass is 79.9. The molecule has 0 amide bonds. The lowest BCUT2D eigenvalue weighted by Gasteiger charge is -2.07. The van der Waals surface area contributed by atoms with Crippen molar-refractivity contribution in [3.63, 3.8) is 0 Å². The van der Waals surface area contributed by atoms with Crippen LogP contribution in [0.1, 0.15) is 11.6 Å². The van der Waals surface area contributed by atoms with Crippen LogP contribution in [-0.4, -0.2) is 16.2 Å². The van der Waals surface area contributed by atoms with Crippen LogP contribution in [0.5, 0.6) is 5.75 Å². The van der Waals surface area contributed by atoms with Crippen LogP contribution in [-0.2, 0) is 4.79 Å². The second-order valence-corrected chi connectivity index (χ2v) is 3.38. The molecule has 0 aliphatic carbocycles. The summed E-state index contributed by atoms with van der Waals surface area (Å²) in [4.78, 5) is 10.5. The van der Waals surface area contributed by atoms with Gasteiger partial charge in [0, 0.05) is 0 Å². The van der Waals surface area contributed by atoms with E-state index in [1.165, 1.54) is 18.2 Å². The van der Waals surface area contributed by atoms with Gasteiger partial charge in [0.05, 0.1) is 4.47 Å². The third kappa shape index (κ3) is 2.19. The molecule has 0 radical (unpaired) electrons. The summed E-state index contributed by atoms with van der Waals surface area (Å²) in [5, 5.41) is 17.7. The van der Waals surface area contributed by atoms with E-state index in [1.54, 1.807) is 0 Å². The number of benzene rings is 1. The predicted molar refractivity (Wildman–Crippen MR) is 50.4 cm³/mol. The van der Waals surface area contributed by atoms with E-state index >= 15 is 0 Å². The lowest BCUT2D eigenvalue weighted by atomic mass is 10.1. The Hall–Kier alpha value is -1.07. The average Bonchev–Trinajstić information content (AvgIpc) is 2.08. The van der Waals surface area contributed by atoms with Crippen molar-refractivity contribution in [1.29, 1.82) is 0 Å². The van der Waals surface area contributed by atoms with E-state index in [-0.39, 0.29) is 5.75 Å². The van der Waals surface area contributed by atoms with Crippen molar-refractivity contribution in [1.82, 2.24) is 0 Å². The number of phenols is 1. The number of aliphatic carboxylic acids is 1. The fourth-order valence-corrected chi connectivity index (χ4v) is 1.26. The molecule has 0 fully saturated rings. The number of aromatic hydroxyl groups is 1. The summed E-state index contributed by atoms with van der Waals surface area (Å²) >= 11 is 3.06. The van der Waals surface area contributed by atoms with Gasteiger partial charge in [0.1, 0.15) is 11.8 Å². The minimum atomic E-state index is -1.10. The van der Waals surface area contributed by atoms with E-state index < -0.39 is 12.0 Å². The molecule has 4 nitrogen and oxygen atoms in total. The molecule has 0 saturated carbocycles. The summed E-state index contributed by atoms with van der Waals surface area (Å²) in [7, 11) is 0.